The summed E-state index contributed by atoms with van der Waals surface area (Å²) in [5.41, 5.74) is 3.37. The van der Waals surface area contributed by atoms with E-state index in [0.717, 1.165) is 22.4 Å². The Hall–Kier alpha value is -4.66. The van der Waals surface area contributed by atoms with Crippen LogP contribution in [0.5, 0.6) is 17.2 Å². The summed E-state index contributed by atoms with van der Waals surface area (Å²) < 4.78 is 23.5. The quantitative estimate of drug-likeness (QED) is 0.181. The highest BCUT2D eigenvalue weighted by Crippen LogP contribution is 2.34. The lowest BCUT2D eigenvalue weighted by Gasteiger charge is -2.18. The molecule has 4 rings (SSSR count). The first-order valence-electron chi connectivity index (χ1n) is 13.4. The second-order valence-electron chi connectivity index (χ2n) is 9.77. The van der Waals surface area contributed by atoms with E-state index in [1.54, 1.807) is 57.4 Å². The molecule has 0 spiro atoms. The van der Waals surface area contributed by atoms with Crippen molar-refractivity contribution in [1.82, 2.24) is 9.66 Å². The van der Waals surface area contributed by atoms with Gasteiger partial charge < -0.3 is 18.9 Å². The van der Waals surface area contributed by atoms with Gasteiger partial charge in [0.25, 0.3) is 5.56 Å². The molecule has 1 aromatic heterocycles. The number of aromatic nitrogens is 2. The molecule has 0 unspecified atom stereocenters. The van der Waals surface area contributed by atoms with Crippen molar-refractivity contribution in [3.63, 3.8) is 0 Å². The molecule has 1 atom stereocenters. The molecule has 0 aliphatic heterocycles. The van der Waals surface area contributed by atoms with Crippen LogP contribution in [0.3, 0.4) is 0 Å². The van der Waals surface area contributed by atoms with E-state index in [0.29, 0.717) is 33.8 Å². The van der Waals surface area contributed by atoms with Gasteiger partial charge in [0.2, 0.25) is 0 Å². The fourth-order valence-corrected chi connectivity index (χ4v) is 4.50. The summed E-state index contributed by atoms with van der Waals surface area (Å²) in [6.45, 7) is 9.67. The molecule has 0 N–H and O–H groups in total. The van der Waals surface area contributed by atoms with Crippen LogP contribution in [0.2, 0.25) is 0 Å². The lowest BCUT2D eigenvalue weighted by atomic mass is 9.96. The fourth-order valence-electron chi connectivity index (χ4n) is 4.50. The zero-order chi connectivity index (χ0) is 29.7. The second-order valence-corrected chi connectivity index (χ2v) is 9.77. The maximum Gasteiger partial charge on any atom is 0.347 e. The number of carbonyl (C=O) groups is 1. The number of rotatable bonds is 10. The first-order valence-corrected chi connectivity index (χ1v) is 13.4. The number of para-hydroxylation sites is 2. The number of aryl methyl sites for hydroxylation is 1. The van der Waals surface area contributed by atoms with Crippen LogP contribution in [-0.4, -0.2) is 48.8 Å². The van der Waals surface area contributed by atoms with Crippen LogP contribution in [-0.2, 0) is 9.53 Å². The Morgan fingerprint density at radius 1 is 1.02 bits per heavy atom. The van der Waals surface area contributed by atoms with Crippen LogP contribution in [0.25, 0.3) is 22.3 Å². The fraction of sp³-hybridized carbons (Fsp3) is 0.312. The van der Waals surface area contributed by atoms with Gasteiger partial charge in [-0.3, -0.25) is 4.79 Å². The van der Waals surface area contributed by atoms with Crippen molar-refractivity contribution in [2.75, 3.05) is 20.8 Å². The van der Waals surface area contributed by atoms with Gasteiger partial charge in [0, 0.05) is 11.1 Å². The van der Waals surface area contributed by atoms with Gasteiger partial charge in [-0.15, -0.1) is 0 Å². The van der Waals surface area contributed by atoms with E-state index in [4.69, 9.17) is 23.9 Å². The monoisotopic (exact) mass is 557 g/mol. The second kappa shape index (κ2) is 12.7. The summed E-state index contributed by atoms with van der Waals surface area (Å²) in [4.78, 5) is 31.0. The molecule has 41 heavy (non-hydrogen) atoms. The molecule has 9 heteroatoms. The largest absolute Gasteiger partial charge is 0.496 e. The number of benzene rings is 3. The molecular formula is C32H35N3O6. The van der Waals surface area contributed by atoms with Gasteiger partial charge in [0.15, 0.2) is 23.4 Å². The minimum Gasteiger partial charge on any atom is -0.496 e. The summed E-state index contributed by atoms with van der Waals surface area (Å²) in [6.07, 6.45) is 0.606. The highest BCUT2D eigenvalue weighted by molar-refractivity contribution is 5.86. The van der Waals surface area contributed by atoms with Crippen molar-refractivity contribution in [3.8, 4) is 28.6 Å². The number of hydrogen-bond acceptors (Lipinski definition) is 8. The molecule has 214 valence electrons. The average molecular weight is 558 g/mol. The van der Waals surface area contributed by atoms with Crippen LogP contribution in [0.1, 0.15) is 50.3 Å². The third-order valence-electron chi connectivity index (χ3n) is 6.65. The minimum absolute atomic E-state index is 0.173. The van der Waals surface area contributed by atoms with Gasteiger partial charge in [0.05, 0.1) is 37.9 Å². The molecule has 0 aliphatic rings. The molecule has 0 fully saturated rings. The summed E-state index contributed by atoms with van der Waals surface area (Å²) in [5, 5.41) is 5.05. The Bertz CT molecular complexity index is 1660. The highest BCUT2D eigenvalue weighted by atomic mass is 16.6. The molecule has 0 bridgehead atoms. The molecule has 0 aliphatic carbocycles. The molecule has 1 heterocycles. The molecule has 9 nitrogen and oxygen atoms in total. The van der Waals surface area contributed by atoms with Crippen molar-refractivity contribution < 1.29 is 23.7 Å². The summed E-state index contributed by atoms with van der Waals surface area (Å²) in [7, 11) is 3.15. The number of esters is 1. The number of fused-ring (bicyclic) bond motifs is 1. The Kier molecular flexibility index (Phi) is 9.07. The predicted molar refractivity (Wildman–Crippen MR) is 160 cm³/mol. The lowest BCUT2D eigenvalue weighted by molar-refractivity contribution is -0.150. The maximum absolute atomic E-state index is 13.8. The topological polar surface area (TPSA) is 101 Å². The number of methoxy groups -OCH3 is 2. The third-order valence-corrected chi connectivity index (χ3v) is 6.65. The Morgan fingerprint density at radius 2 is 1.76 bits per heavy atom. The number of carbonyl (C=O) groups excluding carboxylic acids is 1. The van der Waals surface area contributed by atoms with E-state index >= 15 is 0 Å². The average Bonchev–Trinajstić information content (AvgIpc) is 2.96. The minimum atomic E-state index is -0.893. The molecule has 0 radical (unpaired) electrons. The molecular weight excluding hydrogens is 522 g/mol. The van der Waals surface area contributed by atoms with Crippen LogP contribution in [0.15, 0.2) is 64.5 Å². The molecule has 4 aromatic rings. The van der Waals surface area contributed by atoms with Crippen LogP contribution >= 0.6 is 0 Å². The zero-order valence-electron chi connectivity index (χ0n) is 24.4. The van der Waals surface area contributed by atoms with Crippen LogP contribution < -0.4 is 19.8 Å². The van der Waals surface area contributed by atoms with Crippen LogP contribution in [0, 0.1) is 6.92 Å². The predicted octanol–water partition coefficient (Wildman–Crippen LogP) is 5.73. The van der Waals surface area contributed by atoms with Crippen molar-refractivity contribution in [3.05, 3.63) is 81.6 Å². The van der Waals surface area contributed by atoms with Gasteiger partial charge in [-0.25, -0.2) is 9.78 Å². The summed E-state index contributed by atoms with van der Waals surface area (Å²) in [5.74, 6) is 1.53. The number of hydrogen-bond donors (Lipinski definition) is 0. The maximum atomic E-state index is 13.8. The van der Waals surface area contributed by atoms with Gasteiger partial charge in [0.1, 0.15) is 5.75 Å². The van der Waals surface area contributed by atoms with Gasteiger partial charge in [-0.2, -0.15) is 9.78 Å². The lowest BCUT2D eigenvalue weighted by Crippen LogP contribution is -2.26. The van der Waals surface area contributed by atoms with Crippen molar-refractivity contribution in [2.45, 2.75) is 46.6 Å². The van der Waals surface area contributed by atoms with E-state index in [2.05, 4.69) is 18.9 Å². The van der Waals surface area contributed by atoms with Crippen LogP contribution in [0.4, 0.5) is 0 Å². The van der Waals surface area contributed by atoms with E-state index < -0.39 is 12.1 Å². The summed E-state index contributed by atoms with van der Waals surface area (Å²) >= 11 is 0. The van der Waals surface area contributed by atoms with E-state index in [9.17, 15) is 9.59 Å². The Morgan fingerprint density at radius 3 is 2.44 bits per heavy atom. The molecule has 0 saturated carbocycles. The molecule has 0 amide bonds. The Labute approximate surface area is 239 Å². The van der Waals surface area contributed by atoms with Gasteiger partial charge >= 0.3 is 5.97 Å². The molecule has 0 saturated heterocycles. The Balaban J connectivity index is 1.92. The first-order chi connectivity index (χ1) is 19.7. The van der Waals surface area contributed by atoms with Gasteiger partial charge in [-0.1, -0.05) is 32.0 Å². The normalized spacial score (nSPS) is 12.1. The van der Waals surface area contributed by atoms with Crippen molar-refractivity contribution >= 4 is 23.1 Å². The standard InChI is InChI=1S/C32H35N3O6/c1-8-40-32(37)21(5)41-29-22(12-11-15-27(29)38-6)18-33-35-30(34-26-14-10-9-13-23(26)31(35)36)25-17-24(19(2)3)28(39-7)16-20(25)4/h9-19,21H,8H2,1-7H3/t21-/m0/s1. The summed E-state index contributed by atoms with van der Waals surface area (Å²) in [6, 6.07) is 16.4. The van der Waals surface area contributed by atoms with E-state index in [1.165, 1.54) is 18.0 Å². The zero-order valence-corrected chi connectivity index (χ0v) is 24.4. The van der Waals surface area contributed by atoms with E-state index in [1.807, 2.05) is 25.1 Å². The van der Waals surface area contributed by atoms with E-state index in [-0.39, 0.29) is 18.1 Å². The third kappa shape index (κ3) is 6.09. The highest BCUT2D eigenvalue weighted by Gasteiger charge is 2.21. The number of ether oxygens (including phenoxy) is 4. The van der Waals surface area contributed by atoms with Crippen molar-refractivity contribution in [1.29, 1.82) is 0 Å². The SMILES string of the molecule is CCOC(=O)[C@H](C)Oc1c(C=Nn2c(-c3cc(C(C)C)c(OC)cc3C)nc3ccccc3c2=O)cccc1OC. The molecule has 3 aromatic carbocycles. The smallest absolute Gasteiger partial charge is 0.347 e. The first kappa shape index (κ1) is 29.3. The van der Waals surface area contributed by atoms with Gasteiger partial charge in [-0.05, 0) is 74.2 Å². The number of nitrogens with zero attached hydrogens (tertiary/aromatic N) is 3. The van der Waals surface area contributed by atoms with Crippen molar-refractivity contribution in [2.24, 2.45) is 5.10 Å².